The van der Waals surface area contributed by atoms with Crippen LogP contribution in [0.15, 0.2) is 40.2 Å². The van der Waals surface area contributed by atoms with Crippen molar-refractivity contribution in [1.29, 1.82) is 0 Å². The molecule has 0 radical (unpaired) electrons. The topological polar surface area (TPSA) is 29.5 Å². The molecule has 0 aliphatic rings. The average molecular weight is 327 g/mol. The largest absolute Gasteiger partial charge is 0.488 e. The molecule has 4 heteroatoms. The maximum absolute atomic E-state index is 9.94. The standard InChI is InChI=1S/C14H15BrO2S/c1-2-12(16)10-5-3-4-6-13(10)17-9-14-11(15)7-8-18-14/h3-8,12,16H,2,9H2,1H3/t12-/m1/s1. The number of aliphatic hydroxyl groups is 1. The Morgan fingerprint density at radius 3 is 2.78 bits per heavy atom. The molecule has 1 atom stereocenters. The van der Waals surface area contributed by atoms with Crippen molar-refractivity contribution in [3.63, 3.8) is 0 Å². The van der Waals surface area contributed by atoms with Gasteiger partial charge in [-0.15, -0.1) is 11.3 Å². The molecule has 2 nitrogen and oxygen atoms in total. The van der Waals surface area contributed by atoms with E-state index >= 15 is 0 Å². The predicted octanol–water partition coefficient (Wildman–Crippen LogP) is 4.53. The Kier molecular flexibility index (Phi) is 4.80. The van der Waals surface area contributed by atoms with E-state index in [-0.39, 0.29) is 0 Å². The number of hydrogen-bond acceptors (Lipinski definition) is 3. The molecule has 96 valence electrons. The summed E-state index contributed by atoms with van der Waals surface area (Å²) in [6.07, 6.45) is 0.219. The minimum absolute atomic E-state index is 0.465. The summed E-state index contributed by atoms with van der Waals surface area (Å²) in [6, 6.07) is 9.66. The second-order valence-electron chi connectivity index (χ2n) is 3.94. The summed E-state index contributed by atoms with van der Waals surface area (Å²) in [5, 5.41) is 12.0. The van der Waals surface area contributed by atoms with E-state index in [0.717, 1.165) is 20.7 Å². The van der Waals surface area contributed by atoms with E-state index in [1.807, 2.05) is 42.6 Å². The first kappa shape index (κ1) is 13.6. The summed E-state index contributed by atoms with van der Waals surface area (Å²) in [5.74, 6) is 0.757. The first-order valence-electron chi connectivity index (χ1n) is 5.84. The van der Waals surface area contributed by atoms with Crippen molar-refractivity contribution < 1.29 is 9.84 Å². The average Bonchev–Trinajstić information content (AvgIpc) is 2.81. The maximum atomic E-state index is 9.94. The number of ether oxygens (including phenoxy) is 1. The molecule has 1 N–H and O–H groups in total. The number of aliphatic hydroxyl groups excluding tert-OH is 1. The second kappa shape index (κ2) is 6.36. The van der Waals surface area contributed by atoms with Gasteiger partial charge in [-0.25, -0.2) is 0 Å². The molecule has 0 fully saturated rings. The van der Waals surface area contributed by atoms with Gasteiger partial charge in [-0.05, 0) is 39.9 Å². The van der Waals surface area contributed by atoms with Gasteiger partial charge in [-0.1, -0.05) is 25.1 Å². The number of para-hydroxylation sites is 1. The fourth-order valence-electron chi connectivity index (χ4n) is 1.68. The summed E-state index contributed by atoms with van der Waals surface area (Å²) >= 11 is 5.14. The van der Waals surface area contributed by atoms with E-state index in [2.05, 4.69) is 15.9 Å². The zero-order valence-corrected chi connectivity index (χ0v) is 12.5. The van der Waals surface area contributed by atoms with Crippen LogP contribution in [0.2, 0.25) is 0 Å². The van der Waals surface area contributed by atoms with Gasteiger partial charge in [0.15, 0.2) is 0 Å². The summed E-state index contributed by atoms with van der Waals surface area (Å²) < 4.78 is 6.88. The molecule has 0 saturated heterocycles. The van der Waals surface area contributed by atoms with E-state index in [0.29, 0.717) is 13.0 Å². The minimum Gasteiger partial charge on any atom is -0.488 e. The Balaban J connectivity index is 2.12. The molecule has 2 aromatic rings. The van der Waals surface area contributed by atoms with E-state index in [1.165, 1.54) is 0 Å². The van der Waals surface area contributed by atoms with Crippen LogP contribution in [0, 0.1) is 0 Å². The fraction of sp³-hybridized carbons (Fsp3) is 0.286. The van der Waals surface area contributed by atoms with E-state index in [4.69, 9.17) is 4.74 Å². The first-order chi connectivity index (χ1) is 8.72. The smallest absolute Gasteiger partial charge is 0.125 e. The second-order valence-corrected chi connectivity index (χ2v) is 5.80. The third-order valence-corrected chi connectivity index (χ3v) is 4.61. The molecule has 0 unspecified atom stereocenters. The molecule has 0 aliphatic heterocycles. The molecule has 0 spiro atoms. The van der Waals surface area contributed by atoms with Crippen LogP contribution in [-0.4, -0.2) is 5.11 Å². The first-order valence-corrected chi connectivity index (χ1v) is 7.51. The SMILES string of the molecule is CC[C@@H](O)c1ccccc1OCc1sccc1Br. The van der Waals surface area contributed by atoms with Crippen LogP contribution in [0.3, 0.4) is 0 Å². The van der Waals surface area contributed by atoms with Crippen LogP contribution in [0.1, 0.15) is 29.9 Å². The molecule has 0 amide bonds. The van der Waals surface area contributed by atoms with Gasteiger partial charge in [0.25, 0.3) is 0 Å². The van der Waals surface area contributed by atoms with Crippen molar-refractivity contribution in [3.8, 4) is 5.75 Å². The Morgan fingerprint density at radius 1 is 1.33 bits per heavy atom. The zero-order chi connectivity index (χ0) is 13.0. The molecule has 0 saturated carbocycles. The minimum atomic E-state index is -0.465. The van der Waals surface area contributed by atoms with Gasteiger partial charge >= 0.3 is 0 Å². The quantitative estimate of drug-likeness (QED) is 0.874. The van der Waals surface area contributed by atoms with Crippen molar-refractivity contribution in [1.82, 2.24) is 0 Å². The Morgan fingerprint density at radius 2 is 2.11 bits per heavy atom. The van der Waals surface area contributed by atoms with Crippen LogP contribution in [0.4, 0.5) is 0 Å². The van der Waals surface area contributed by atoms with E-state index in [1.54, 1.807) is 11.3 Å². The lowest BCUT2D eigenvalue weighted by Gasteiger charge is -2.14. The Bertz CT molecular complexity index is 510. The molecule has 1 aromatic carbocycles. The van der Waals surface area contributed by atoms with Gasteiger partial charge in [-0.3, -0.25) is 0 Å². The zero-order valence-electron chi connectivity index (χ0n) is 10.1. The number of rotatable bonds is 5. The van der Waals surface area contributed by atoms with Gasteiger partial charge in [0.1, 0.15) is 12.4 Å². The fourth-order valence-corrected chi connectivity index (χ4v) is 3.06. The number of benzene rings is 1. The monoisotopic (exact) mass is 326 g/mol. The summed E-state index contributed by atoms with van der Waals surface area (Å²) in [6.45, 7) is 2.48. The summed E-state index contributed by atoms with van der Waals surface area (Å²) in [7, 11) is 0. The predicted molar refractivity (Wildman–Crippen MR) is 78.0 cm³/mol. The molecule has 1 aromatic heterocycles. The van der Waals surface area contributed by atoms with Crippen LogP contribution in [0.25, 0.3) is 0 Å². The summed E-state index contributed by atoms with van der Waals surface area (Å²) in [5.41, 5.74) is 0.854. The number of hydrogen-bond donors (Lipinski definition) is 1. The lowest BCUT2D eigenvalue weighted by Crippen LogP contribution is -2.01. The molecular weight excluding hydrogens is 312 g/mol. The van der Waals surface area contributed by atoms with Crippen molar-refractivity contribution in [2.24, 2.45) is 0 Å². The Labute approximate surface area is 119 Å². The van der Waals surface area contributed by atoms with Crippen LogP contribution < -0.4 is 4.74 Å². The van der Waals surface area contributed by atoms with Crippen molar-refractivity contribution in [2.45, 2.75) is 26.1 Å². The van der Waals surface area contributed by atoms with Gasteiger partial charge in [0, 0.05) is 10.0 Å². The van der Waals surface area contributed by atoms with E-state index < -0.39 is 6.10 Å². The summed E-state index contributed by atoms with van der Waals surface area (Å²) in [4.78, 5) is 1.15. The highest BCUT2D eigenvalue weighted by atomic mass is 79.9. The molecule has 0 aliphatic carbocycles. The van der Waals surface area contributed by atoms with E-state index in [9.17, 15) is 5.11 Å². The van der Waals surface area contributed by atoms with Crippen molar-refractivity contribution in [2.75, 3.05) is 0 Å². The molecular formula is C14H15BrO2S. The van der Waals surface area contributed by atoms with Crippen molar-refractivity contribution in [3.05, 3.63) is 50.6 Å². The van der Waals surface area contributed by atoms with Gasteiger partial charge < -0.3 is 9.84 Å². The highest BCUT2D eigenvalue weighted by Gasteiger charge is 2.11. The molecule has 18 heavy (non-hydrogen) atoms. The van der Waals surface area contributed by atoms with Crippen LogP contribution in [-0.2, 0) is 6.61 Å². The molecule has 0 bridgehead atoms. The van der Waals surface area contributed by atoms with Gasteiger partial charge in [-0.2, -0.15) is 0 Å². The maximum Gasteiger partial charge on any atom is 0.125 e. The normalized spacial score (nSPS) is 12.4. The highest BCUT2D eigenvalue weighted by molar-refractivity contribution is 9.10. The molecule has 2 rings (SSSR count). The highest BCUT2D eigenvalue weighted by Crippen LogP contribution is 2.29. The van der Waals surface area contributed by atoms with Gasteiger partial charge in [0.05, 0.1) is 11.0 Å². The lowest BCUT2D eigenvalue weighted by atomic mass is 10.1. The van der Waals surface area contributed by atoms with Crippen LogP contribution in [0.5, 0.6) is 5.75 Å². The number of thiophene rings is 1. The third kappa shape index (κ3) is 3.13. The third-order valence-electron chi connectivity index (χ3n) is 2.71. The Hall–Kier alpha value is -0.840. The van der Waals surface area contributed by atoms with Crippen LogP contribution >= 0.6 is 27.3 Å². The lowest BCUT2D eigenvalue weighted by molar-refractivity contribution is 0.166. The molecule has 1 heterocycles. The van der Waals surface area contributed by atoms with Crippen molar-refractivity contribution >= 4 is 27.3 Å². The number of halogens is 1. The van der Waals surface area contributed by atoms with Gasteiger partial charge in [0.2, 0.25) is 0 Å².